The van der Waals surface area contributed by atoms with E-state index in [1.807, 2.05) is 17.0 Å². The number of aliphatic imine (C=N–C) groups is 1. The van der Waals surface area contributed by atoms with Gasteiger partial charge in [-0.15, -0.1) is 0 Å². The van der Waals surface area contributed by atoms with E-state index in [9.17, 15) is 9.90 Å². The monoisotopic (exact) mass is 420 g/mol. The van der Waals surface area contributed by atoms with E-state index >= 15 is 0 Å². The molecular formula is C25H32N4O2. The van der Waals surface area contributed by atoms with Crippen LogP contribution in [0.2, 0.25) is 0 Å². The molecule has 2 N–H and O–H groups in total. The van der Waals surface area contributed by atoms with Gasteiger partial charge in [-0.25, -0.2) is 0 Å². The standard InChI is InChI=1S/C25H32N4O2/c1-2-26-25(27-14-12-19-7-5-8-21(30)17-19)29-18-20(22-9-3-4-10-23(22)29)13-16-28-15-6-11-24(28)31/h3-5,7-10,17,20,30H,2,6,11-16,18H2,1H3,(H,26,27). The van der Waals surface area contributed by atoms with Crippen LogP contribution in [0.1, 0.15) is 43.2 Å². The summed E-state index contributed by atoms with van der Waals surface area (Å²) in [5, 5.41) is 13.1. The van der Waals surface area contributed by atoms with Crippen LogP contribution in [0.5, 0.6) is 5.75 Å². The van der Waals surface area contributed by atoms with Crippen molar-refractivity contribution in [2.24, 2.45) is 4.99 Å². The van der Waals surface area contributed by atoms with Gasteiger partial charge in [0.25, 0.3) is 0 Å². The van der Waals surface area contributed by atoms with E-state index in [2.05, 4.69) is 41.4 Å². The van der Waals surface area contributed by atoms with Crippen LogP contribution in [-0.2, 0) is 11.2 Å². The molecule has 2 aliphatic rings. The summed E-state index contributed by atoms with van der Waals surface area (Å²) in [6, 6.07) is 15.9. The lowest BCUT2D eigenvalue weighted by Gasteiger charge is -2.23. The zero-order valence-corrected chi connectivity index (χ0v) is 18.3. The Morgan fingerprint density at radius 2 is 2.10 bits per heavy atom. The topological polar surface area (TPSA) is 68.2 Å². The Hall–Kier alpha value is -3.02. The lowest BCUT2D eigenvalue weighted by atomic mass is 9.98. The number of para-hydroxylation sites is 1. The van der Waals surface area contributed by atoms with Crippen LogP contribution in [0.15, 0.2) is 53.5 Å². The quantitative estimate of drug-likeness (QED) is 0.531. The van der Waals surface area contributed by atoms with Crippen LogP contribution < -0.4 is 10.2 Å². The van der Waals surface area contributed by atoms with Crippen molar-refractivity contribution in [1.82, 2.24) is 10.2 Å². The molecule has 1 fully saturated rings. The molecule has 2 aliphatic heterocycles. The predicted molar refractivity (Wildman–Crippen MR) is 125 cm³/mol. The summed E-state index contributed by atoms with van der Waals surface area (Å²) in [5.41, 5.74) is 3.62. The molecule has 0 spiro atoms. The SMILES string of the molecule is CCNC(=NCCc1cccc(O)c1)N1CC(CCN2CCCC2=O)c2ccccc21. The molecular weight excluding hydrogens is 388 g/mol. The molecule has 6 heteroatoms. The number of likely N-dealkylation sites (tertiary alicyclic amines) is 1. The Balaban J connectivity index is 1.47. The van der Waals surface area contributed by atoms with Crippen molar-refractivity contribution in [3.05, 3.63) is 59.7 Å². The normalized spacial score (nSPS) is 18.5. The van der Waals surface area contributed by atoms with Crippen LogP contribution in [0.4, 0.5) is 5.69 Å². The van der Waals surface area contributed by atoms with Gasteiger partial charge in [0.05, 0.1) is 0 Å². The third-order valence-corrected chi connectivity index (χ3v) is 6.15. The van der Waals surface area contributed by atoms with Crippen LogP contribution in [0.25, 0.3) is 0 Å². The Kier molecular flexibility index (Phi) is 6.75. The number of aromatic hydroxyl groups is 1. The molecule has 1 amide bonds. The first-order chi connectivity index (χ1) is 15.2. The molecule has 0 bridgehead atoms. The second kappa shape index (κ2) is 9.86. The molecule has 0 aromatic heterocycles. The lowest BCUT2D eigenvalue weighted by Crippen LogP contribution is -2.41. The minimum absolute atomic E-state index is 0.293. The number of phenolic OH excluding ortho intramolecular Hbond substituents is 1. The summed E-state index contributed by atoms with van der Waals surface area (Å²) in [5.74, 6) is 1.88. The van der Waals surface area contributed by atoms with E-state index in [0.29, 0.717) is 30.5 Å². The predicted octanol–water partition coefficient (Wildman–Crippen LogP) is 3.52. The summed E-state index contributed by atoms with van der Waals surface area (Å²) in [6.07, 6.45) is 3.44. The van der Waals surface area contributed by atoms with Gasteiger partial charge in [0.15, 0.2) is 5.96 Å². The van der Waals surface area contributed by atoms with Crippen LogP contribution in [-0.4, -0.2) is 54.6 Å². The highest BCUT2D eigenvalue weighted by Crippen LogP contribution is 2.38. The first kappa shape index (κ1) is 21.2. The van der Waals surface area contributed by atoms with Crippen molar-refractivity contribution < 1.29 is 9.90 Å². The number of hydrogen-bond acceptors (Lipinski definition) is 3. The van der Waals surface area contributed by atoms with Gasteiger partial charge in [0, 0.05) is 50.7 Å². The number of phenols is 1. The van der Waals surface area contributed by atoms with E-state index in [1.54, 1.807) is 12.1 Å². The van der Waals surface area contributed by atoms with Crippen molar-refractivity contribution >= 4 is 17.6 Å². The van der Waals surface area contributed by atoms with Gasteiger partial charge < -0.3 is 20.2 Å². The van der Waals surface area contributed by atoms with Crippen LogP contribution in [0.3, 0.4) is 0 Å². The highest BCUT2D eigenvalue weighted by molar-refractivity contribution is 5.98. The van der Waals surface area contributed by atoms with Crippen molar-refractivity contribution in [1.29, 1.82) is 0 Å². The molecule has 0 saturated carbocycles. The lowest BCUT2D eigenvalue weighted by molar-refractivity contribution is -0.127. The van der Waals surface area contributed by atoms with Gasteiger partial charge in [0.2, 0.25) is 5.91 Å². The maximum Gasteiger partial charge on any atom is 0.222 e. The Labute approximate surface area is 184 Å². The number of nitrogens with zero attached hydrogens (tertiary/aromatic N) is 3. The largest absolute Gasteiger partial charge is 0.508 e. The number of nitrogens with one attached hydrogen (secondary N) is 1. The van der Waals surface area contributed by atoms with Crippen molar-refractivity contribution in [3.8, 4) is 5.75 Å². The summed E-state index contributed by atoms with van der Waals surface area (Å²) in [4.78, 5) is 21.2. The van der Waals surface area contributed by atoms with E-state index < -0.39 is 0 Å². The Morgan fingerprint density at radius 1 is 1.23 bits per heavy atom. The second-order valence-corrected chi connectivity index (χ2v) is 8.29. The van der Waals surface area contributed by atoms with Gasteiger partial charge in [-0.05, 0) is 55.5 Å². The molecule has 2 aromatic carbocycles. The summed E-state index contributed by atoms with van der Waals surface area (Å²) in [7, 11) is 0. The highest BCUT2D eigenvalue weighted by Gasteiger charge is 2.32. The van der Waals surface area contributed by atoms with E-state index in [-0.39, 0.29) is 0 Å². The number of carbonyl (C=O) groups is 1. The first-order valence-corrected chi connectivity index (χ1v) is 11.4. The fourth-order valence-corrected chi connectivity index (χ4v) is 4.59. The number of hydrogen-bond donors (Lipinski definition) is 2. The number of fused-ring (bicyclic) bond motifs is 1. The third kappa shape index (κ3) is 5.01. The Bertz CT molecular complexity index is 943. The molecule has 164 valence electrons. The molecule has 31 heavy (non-hydrogen) atoms. The molecule has 0 radical (unpaired) electrons. The second-order valence-electron chi connectivity index (χ2n) is 8.29. The number of anilines is 1. The molecule has 2 aromatic rings. The third-order valence-electron chi connectivity index (χ3n) is 6.15. The molecule has 1 saturated heterocycles. The summed E-state index contributed by atoms with van der Waals surface area (Å²) < 4.78 is 0. The van der Waals surface area contributed by atoms with Crippen molar-refractivity contribution in [3.63, 3.8) is 0 Å². The number of rotatable bonds is 7. The van der Waals surface area contributed by atoms with Gasteiger partial charge in [-0.1, -0.05) is 30.3 Å². The smallest absolute Gasteiger partial charge is 0.222 e. The number of carbonyl (C=O) groups excluding carboxylic acids is 1. The van der Waals surface area contributed by atoms with E-state index in [1.165, 1.54) is 11.3 Å². The first-order valence-electron chi connectivity index (χ1n) is 11.4. The minimum atomic E-state index is 0.293. The molecule has 1 unspecified atom stereocenters. The average Bonchev–Trinajstić information content (AvgIpc) is 3.35. The number of guanidine groups is 1. The van der Waals surface area contributed by atoms with E-state index in [0.717, 1.165) is 57.0 Å². The fraction of sp³-hybridized carbons (Fsp3) is 0.440. The van der Waals surface area contributed by atoms with Gasteiger partial charge in [-0.3, -0.25) is 9.79 Å². The van der Waals surface area contributed by atoms with Crippen molar-refractivity contribution in [2.75, 3.05) is 37.6 Å². The summed E-state index contributed by atoms with van der Waals surface area (Å²) >= 11 is 0. The number of benzene rings is 2. The highest BCUT2D eigenvalue weighted by atomic mass is 16.3. The number of amides is 1. The Morgan fingerprint density at radius 3 is 2.87 bits per heavy atom. The average molecular weight is 421 g/mol. The fourth-order valence-electron chi connectivity index (χ4n) is 4.59. The zero-order valence-electron chi connectivity index (χ0n) is 18.3. The van der Waals surface area contributed by atoms with E-state index in [4.69, 9.17) is 4.99 Å². The molecule has 6 nitrogen and oxygen atoms in total. The molecule has 0 aliphatic carbocycles. The van der Waals surface area contributed by atoms with Crippen LogP contribution in [0, 0.1) is 0 Å². The maximum absolute atomic E-state index is 12.0. The van der Waals surface area contributed by atoms with Crippen molar-refractivity contribution in [2.45, 2.75) is 38.5 Å². The summed E-state index contributed by atoms with van der Waals surface area (Å²) in [6.45, 7) is 6.14. The molecule has 4 rings (SSSR count). The van der Waals surface area contributed by atoms with Gasteiger partial charge in [-0.2, -0.15) is 0 Å². The minimum Gasteiger partial charge on any atom is -0.508 e. The van der Waals surface area contributed by atoms with Gasteiger partial charge >= 0.3 is 0 Å². The van der Waals surface area contributed by atoms with Gasteiger partial charge in [0.1, 0.15) is 5.75 Å². The van der Waals surface area contributed by atoms with Crippen LogP contribution >= 0.6 is 0 Å². The maximum atomic E-state index is 12.0. The molecule has 2 heterocycles. The zero-order chi connectivity index (χ0) is 21.6. The molecule has 1 atom stereocenters.